The average molecular weight is 172 g/mol. The number of nitrogens with zero attached hydrogens (tertiary/aromatic N) is 2. The van der Waals surface area contributed by atoms with Gasteiger partial charge in [-0.15, -0.1) is 0 Å². The van der Waals surface area contributed by atoms with Crippen LogP contribution >= 0.6 is 0 Å². The monoisotopic (exact) mass is 172 g/mol. The summed E-state index contributed by atoms with van der Waals surface area (Å²) < 4.78 is 8.47. The first kappa shape index (κ1) is 10.4. The van der Waals surface area contributed by atoms with Crippen molar-refractivity contribution in [3.05, 3.63) is 13.8 Å². The lowest BCUT2D eigenvalue weighted by molar-refractivity contribution is 0.157. The summed E-state index contributed by atoms with van der Waals surface area (Å²) in [5.41, 5.74) is 0. The first-order valence-corrected chi connectivity index (χ1v) is 3.04. The largest absolute Gasteiger partial charge is 0.480 e. The molecule has 0 N–H and O–H groups in total. The summed E-state index contributed by atoms with van der Waals surface area (Å²) in [4.78, 5) is 20.8. The van der Waals surface area contributed by atoms with Gasteiger partial charge in [0.2, 0.25) is 6.61 Å². The van der Waals surface area contributed by atoms with E-state index in [1.165, 1.54) is 0 Å². The summed E-state index contributed by atoms with van der Waals surface area (Å²) in [6, 6.07) is 0. The number of hydrogen-bond acceptors (Lipinski definition) is 4. The minimum Gasteiger partial charge on any atom is -0.480 e. The van der Waals surface area contributed by atoms with E-state index in [4.69, 9.17) is 0 Å². The van der Waals surface area contributed by atoms with Crippen molar-refractivity contribution in [3.8, 4) is 0 Å². The lowest BCUT2D eigenvalue weighted by Gasteiger charge is -1.96. The predicted molar refractivity (Wildman–Crippen MR) is 38.3 cm³/mol. The van der Waals surface area contributed by atoms with Gasteiger partial charge in [0.05, 0.1) is 0 Å². The van der Waals surface area contributed by atoms with Crippen LogP contribution in [0.4, 0.5) is 9.59 Å². The molecule has 12 heavy (non-hydrogen) atoms. The smallest absolute Gasteiger partial charge is 0.456 e. The van der Waals surface area contributed by atoms with Gasteiger partial charge in [0, 0.05) is 0 Å². The van der Waals surface area contributed by atoms with Gasteiger partial charge < -0.3 is 16.4 Å². The second kappa shape index (κ2) is 6.14. The molecular formula is C6H8N2O4. The Kier molecular flexibility index (Phi) is 5.33. The molecule has 6 nitrogen and oxygen atoms in total. The number of hydrogen-bond donors (Lipinski definition) is 0. The van der Waals surface area contributed by atoms with Crippen LogP contribution in [-0.4, -0.2) is 25.4 Å². The fourth-order valence-corrected chi connectivity index (χ4v) is 0.314. The minimum absolute atomic E-state index is 0.0672. The molecule has 0 atom stereocenters. The summed E-state index contributed by atoms with van der Waals surface area (Å²) in [6.45, 7) is 6.30. The van der Waals surface area contributed by atoms with Crippen LogP contribution in [0.5, 0.6) is 0 Å². The molecular weight excluding hydrogens is 164 g/mol. The van der Waals surface area contributed by atoms with Gasteiger partial charge >= 0.3 is 12.2 Å². The van der Waals surface area contributed by atoms with Crippen molar-refractivity contribution >= 4 is 12.2 Å². The zero-order valence-electron chi connectivity index (χ0n) is 6.36. The van der Waals surface area contributed by atoms with Crippen LogP contribution in [0.1, 0.15) is 0 Å². The zero-order chi connectivity index (χ0) is 9.40. The molecule has 66 valence electrons. The van der Waals surface area contributed by atoms with E-state index < -0.39 is 12.2 Å². The quantitative estimate of drug-likeness (QED) is 0.465. The highest BCUT2D eigenvalue weighted by molar-refractivity contribution is 5.73. The van der Waals surface area contributed by atoms with Gasteiger partial charge in [-0.25, -0.2) is 9.59 Å². The third-order valence-corrected chi connectivity index (χ3v) is 0.664. The summed E-state index contributed by atoms with van der Waals surface area (Å²) >= 11 is 0. The molecule has 0 aromatic heterocycles. The zero-order valence-corrected chi connectivity index (χ0v) is 6.36. The minimum atomic E-state index is -0.981. The van der Waals surface area contributed by atoms with Gasteiger partial charge in [-0.05, 0) is 6.61 Å². The summed E-state index contributed by atoms with van der Waals surface area (Å²) in [5, 5.41) is 5.71. The number of carbonyl (C=O) groups excluding carboxylic acids is 2. The van der Waals surface area contributed by atoms with E-state index in [0.717, 1.165) is 0 Å². The molecule has 0 aliphatic rings. The van der Waals surface area contributed by atoms with Gasteiger partial charge in [-0.1, -0.05) is 10.2 Å². The van der Waals surface area contributed by atoms with Crippen LogP contribution in [0.15, 0.2) is 10.2 Å². The Hall–Kier alpha value is -1.59. The Morgan fingerprint density at radius 3 is 2.17 bits per heavy atom. The van der Waals surface area contributed by atoms with E-state index in [1.807, 2.05) is 0 Å². The maximum absolute atomic E-state index is 10.4. The molecule has 0 rings (SSSR count). The summed E-state index contributed by atoms with van der Waals surface area (Å²) in [7, 11) is 0. The van der Waals surface area contributed by atoms with E-state index in [1.54, 1.807) is 0 Å². The highest BCUT2D eigenvalue weighted by Gasteiger charge is 2.01. The van der Waals surface area contributed by atoms with Gasteiger partial charge in [0.1, 0.15) is 6.92 Å². The lowest BCUT2D eigenvalue weighted by atomic mass is 10.9. The molecule has 6 heteroatoms. The first-order chi connectivity index (χ1) is 5.70. The topological polar surface area (TPSA) is 77.3 Å². The molecule has 0 aliphatic carbocycles. The SMILES string of the molecule is [CH2+]COC(=O)N=NC(=O)OC[CH2-]. The van der Waals surface area contributed by atoms with E-state index in [0.29, 0.717) is 0 Å². The van der Waals surface area contributed by atoms with Gasteiger partial charge in [0.25, 0.3) is 0 Å². The highest BCUT2D eigenvalue weighted by Crippen LogP contribution is 1.88. The lowest BCUT2D eigenvalue weighted by Crippen LogP contribution is -2.00. The van der Waals surface area contributed by atoms with Crippen LogP contribution in [0.3, 0.4) is 0 Å². The van der Waals surface area contributed by atoms with Crippen LogP contribution in [0.2, 0.25) is 0 Å². The van der Waals surface area contributed by atoms with Crippen molar-refractivity contribution in [1.82, 2.24) is 0 Å². The number of azo groups is 1. The van der Waals surface area contributed by atoms with Crippen molar-refractivity contribution < 1.29 is 19.1 Å². The standard InChI is InChI=1S/C6H8N2O4/c1-3-11-5(9)7-8-6(10)12-4-2/h1-4H2. The van der Waals surface area contributed by atoms with E-state index in [9.17, 15) is 9.59 Å². The second-order valence-corrected chi connectivity index (χ2v) is 1.43. The van der Waals surface area contributed by atoms with Crippen LogP contribution in [0.25, 0.3) is 0 Å². The Bertz CT molecular complexity index is 170. The van der Waals surface area contributed by atoms with Crippen molar-refractivity contribution in [3.63, 3.8) is 0 Å². The fraction of sp³-hybridized carbons (Fsp3) is 0.333. The van der Waals surface area contributed by atoms with E-state index in [-0.39, 0.29) is 13.2 Å². The molecule has 2 amide bonds. The molecule has 0 saturated carbocycles. The van der Waals surface area contributed by atoms with Crippen molar-refractivity contribution in [2.45, 2.75) is 0 Å². The molecule has 0 unspecified atom stereocenters. The maximum atomic E-state index is 10.4. The molecule has 0 aromatic rings. The third-order valence-electron chi connectivity index (χ3n) is 0.664. The summed E-state index contributed by atoms with van der Waals surface area (Å²) in [6.07, 6.45) is -1.96. The molecule has 0 bridgehead atoms. The molecule has 0 radical (unpaired) electrons. The third kappa shape index (κ3) is 5.21. The van der Waals surface area contributed by atoms with Crippen molar-refractivity contribution in [2.24, 2.45) is 10.2 Å². The molecule has 0 fully saturated rings. The summed E-state index contributed by atoms with van der Waals surface area (Å²) in [5.74, 6) is 0. The molecule has 0 spiro atoms. The Morgan fingerprint density at radius 1 is 1.25 bits per heavy atom. The number of amides is 2. The van der Waals surface area contributed by atoms with Gasteiger partial charge in [-0.2, -0.15) is 0 Å². The number of carbonyl (C=O) groups is 2. The predicted octanol–water partition coefficient (Wildman–Crippen LogP) is 1.38. The van der Waals surface area contributed by atoms with Gasteiger partial charge in [0.15, 0.2) is 0 Å². The Labute approximate surface area is 69.6 Å². The first-order valence-electron chi connectivity index (χ1n) is 3.04. The van der Waals surface area contributed by atoms with Crippen molar-refractivity contribution in [1.29, 1.82) is 0 Å². The molecule has 0 saturated heterocycles. The van der Waals surface area contributed by atoms with E-state index >= 15 is 0 Å². The van der Waals surface area contributed by atoms with Crippen molar-refractivity contribution in [2.75, 3.05) is 13.2 Å². The van der Waals surface area contributed by atoms with Crippen LogP contribution in [-0.2, 0) is 9.47 Å². The molecule has 0 aromatic carbocycles. The molecule has 0 aliphatic heterocycles. The second-order valence-electron chi connectivity index (χ2n) is 1.43. The fourth-order valence-electron chi connectivity index (χ4n) is 0.314. The van der Waals surface area contributed by atoms with Gasteiger partial charge in [-0.3, -0.25) is 0 Å². The van der Waals surface area contributed by atoms with Crippen LogP contribution < -0.4 is 0 Å². The average Bonchev–Trinajstić information content (AvgIpc) is 2.02. The highest BCUT2D eigenvalue weighted by atomic mass is 16.6. The number of rotatable bonds is 2. The van der Waals surface area contributed by atoms with E-state index in [2.05, 4.69) is 33.5 Å². The Morgan fingerprint density at radius 2 is 1.75 bits per heavy atom. The maximum Gasteiger partial charge on any atom is 0.456 e. The molecule has 0 heterocycles. The Balaban J connectivity index is 3.73. The normalized spacial score (nSPS) is 9.75. The van der Waals surface area contributed by atoms with Crippen LogP contribution in [0, 0.1) is 13.8 Å². The number of ether oxygens (including phenoxy) is 2.